The average Bonchev–Trinajstić information content (AvgIpc) is 3.16. The Hall–Kier alpha value is -1.10. The first-order valence-electron chi connectivity index (χ1n) is 9.30. The van der Waals surface area contributed by atoms with Crippen molar-refractivity contribution in [3.05, 3.63) is 30.1 Å². The normalized spacial score (nSPS) is 23.6. The van der Waals surface area contributed by atoms with Gasteiger partial charge in [0.15, 0.2) is 0 Å². The quantitative estimate of drug-likeness (QED) is 0.689. The maximum absolute atomic E-state index is 13.0. The van der Waals surface area contributed by atoms with Crippen molar-refractivity contribution in [2.45, 2.75) is 29.9 Å². The van der Waals surface area contributed by atoms with E-state index in [0.717, 1.165) is 31.6 Å². The van der Waals surface area contributed by atoms with Gasteiger partial charge in [0.25, 0.3) is 0 Å². The molecule has 0 amide bonds. The van der Waals surface area contributed by atoms with E-state index >= 15 is 0 Å². The van der Waals surface area contributed by atoms with Gasteiger partial charge in [-0.15, -0.1) is 0 Å². The van der Waals surface area contributed by atoms with Crippen LogP contribution in [0.1, 0.15) is 12.8 Å². The van der Waals surface area contributed by atoms with E-state index in [-0.39, 0.29) is 17.6 Å². The first kappa shape index (κ1) is 20.6. The van der Waals surface area contributed by atoms with E-state index in [1.165, 1.54) is 16.4 Å². The van der Waals surface area contributed by atoms with Crippen LogP contribution in [-0.4, -0.2) is 87.5 Å². The van der Waals surface area contributed by atoms with Gasteiger partial charge in [0.05, 0.1) is 30.3 Å². The molecule has 152 valence electrons. The van der Waals surface area contributed by atoms with Gasteiger partial charge in [-0.3, -0.25) is 4.90 Å². The Bertz CT molecular complexity index is 686. The lowest BCUT2D eigenvalue weighted by molar-refractivity contribution is -0.0270. The molecule has 3 rings (SSSR count). The van der Waals surface area contributed by atoms with Gasteiger partial charge in [0, 0.05) is 39.3 Å². The smallest absolute Gasteiger partial charge is 0.243 e. The van der Waals surface area contributed by atoms with Crippen LogP contribution >= 0.6 is 0 Å². The molecular formula is C18H27FN2O5S. The minimum atomic E-state index is -3.62. The molecule has 1 N–H and O–H groups in total. The van der Waals surface area contributed by atoms with Crippen LogP contribution in [0.3, 0.4) is 0 Å². The standard InChI is InChI=1S/C18H27FN2O5S/c19-15-3-5-18(6-4-15)27(23,24)21-9-7-20(8-10-21)12-16(22)13-25-14-17-2-1-11-26-17/h3-6,16-17,22H,1-2,7-14H2/t16-,17-/m0/s1. The van der Waals surface area contributed by atoms with Gasteiger partial charge < -0.3 is 14.6 Å². The molecule has 0 aliphatic carbocycles. The first-order chi connectivity index (χ1) is 12.9. The number of rotatable bonds is 8. The number of benzene rings is 1. The number of piperazine rings is 1. The van der Waals surface area contributed by atoms with Crippen molar-refractivity contribution in [2.75, 3.05) is 52.5 Å². The summed E-state index contributed by atoms with van der Waals surface area (Å²) in [5.41, 5.74) is 0. The second-order valence-electron chi connectivity index (χ2n) is 6.98. The minimum Gasteiger partial charge on any atom is -0.389 e. The van der Waals surface area contributed by atoms with Crippen molar-refractivity contribution in [1.82, 2.24) is 9.21 Å². The van der Waals surface area contributed by atoms with Gasteiger partial charge in [-0.1, -0.05) is 0 Å². The van der Waals surface area contributed by atoms with Crippen molar-refractivity contribution in [1.29, 1.82) is 0 Å². The van der Waals surface area contributed by atoms with Gasteiger partial charge in [-0.25, -0.2) is 12.8 Å². The Labute approximate surface area is 159 Å². The molecule has 2 aliphatic heterocycles. The maximum atomic E-state index is 13.0. The van der Waals surface area contributed by atoms with Crippen molar-refractivity contribution in [3.63, 3.8) is 0 Å². The number of nitrogens with zero attached hydrogens (tertiary/aromatic N) is 2. The molecule has 2 heterocycles. The molecular weight excluding hydrogens is 375 g/mol. The van der Waals surface area contributed by atoms with Gasteiger partial charge >= 0.3 is 0 Å². The highest BCUT2D eigenvalue weighted by Crippen LogP contribution is 2.18. The Morgan fingerprint density at radius 3 is 2.56 bits per heavy atom. The zero-order valence-corrected chi connectivity index (χ0v) is 16.1. The third-order valence-electron chi connectivity index (χ3n) is 4.89. The highest BCUT2D eigenvalue weighted by Gasteiger charge is 2.29. The zero-order valence-electron chi connectivity index (χ0n) is 15.3. The molecule has 0 unspecified atom stereocenters. The number of β-amino-alcohol motifs (C(OH)–C–C–N with tert-alkyl or cyclic N) is 1. The van der Waals surface area contributed by atoms with Crippen LogP contribution < -0.4 is 0 Å². The van der Waals surface area contributed by atoms with Crippen LogP contribution in [0.4, 0.5) is 4.39 Å². The number of hydrogen-bond acceptors (Lipinski definition) is 6. The van der Waals surface area contributed by atoms with Crippen LogP contribution in [0.5, 0.6) is 0 Å². The summed E-state index contributed by atoms with van der Waals surface area (Å²) >= 11 is 0. The van der Waals surface area contributed by atoms with E-state index in [1.807, 2.05) is 4.90 Å². The number of hydrogen-bond donors (Lipinski definition) is 1. The van der Waals surface area contributed by atoms with Crippen LogP contribution in [0.2, 0.25) is 0 Å². The predicted octanol–water partition coefficient (Wildman–Crippen LogP) is 0.688. The lowest BCUT2D eigenvalue weighted by Crippen LogP contribution is -2.50. The Balaban J connectivity index is 1.40. The number of ether oxygens (including phenoxy) is 2. The van der Waals surface area contributed by atoms with E-state index in [1.54, 1.807) is 0 Å². The van der Waals surface area contributed by atoms with Crippen molar-refractivity contribution >= 4 is 10.0 Å². The van der Waals surface area contributed by atoms with Crippen LogP contribution in [-0.2, 0) is 19.5 Å². The fraction of sp³-hybridized carbons (Fsp3) is 0.667. The van der Waals surface area contributed by atoms with Gasteiger partial charge in [0.1, 0.15) is 5.82 Å². The molecule has 2 saturated heterocycles. The van der Waals surface area contributed by atoms with Gasteiger partial charge in [0.2, 0.25) is 10.0 Å². The molecule has 0 aromatic heterocycles. The van der Waals surface area contributed by atoms with Crippen LogP contribution in [0.25, 0.3) is 0 Å². The average molecular weight is 402 g/mol. The molecule has 0 spiro atoms. The fourth-order valence-electron chi connectivity index (χ4n) is 3.37. The molecule has 2 atom stereocenters. The Morgan fingerprint density at radius 2 is 1.93 bits per heavy atom. The molecule has 9 heteroatoms. The molecule has 7 nitrogen and oxygen atoms in total. The Kier molecular flexibility index (Phi) is 7.18. The lowest BCUT2D eigenvalue weighted by Gasteiger charge is -2.34. The third kappa shape index (κ3) is 5.69. The summed E-state index contributed by atoms with van der Waals surface area (Å²) in [6.07, 6.45) is 1.58. The summed E-state index contributed by atoms with van der Waals surface area (Å²) in [5.74, 6) is -0.463. The highest BCUT2D eigenvalue weighted by atomic mass is 32.2. The largest absolute Gasteiger partial charge is 0.389 e. The minimum absolute atomic E-state index is 0.0971. The lowest BCUT2D eigenvalue weighted by atomic mass is 10.2. The predicted molar refractivity (Wildman–Crippen MR) is 97.4 cm³/mol. The molecule has 0 radical (unpaired) electrons. The highest BCUT2D eigenvalue weighted by molar-refractivity contribution is 7.89. The van der Waals surface area contributed by atoms with Gasteiger partial charge in [-0.05, 0) is 37.1 Å². The van der Waals surface area contributed by atoms with Crippen LogP contribution in [0.15, 0.2) is 29.2 Å². The van der Waals surface area contributed by atoms with E-state index in [9.17, 15) is 17.9 Å². The zero-order chi connectivity index (χ0) is 19.3. The fourth-order valence-corrected chi connectivity index (χ4v) is 4.79. The summed E-state index contributed by atoms with van der Waals surface area (Å²) in [7, 11) is -3.62. The van der Waals surface area contributed by atoms with Crippen LogP contribution in [0, 0.1) is 5.82 Å². The molecule has 2 aliphatic rings. The SMILES string of the molecule is O=S(=O)(c1ccc(F)cc1)N1CCN(C[C@H](O)COC[C@@H]2CCCO2)CC1. The summed E-state index contributed by atoms with van der Waals surface area (Å²) in [6.45, 7) is 3.70. The Morgan fingerprint density at radius 1 is 1.22 bits per heavy atom. The van der Waals surface area contributed by atoms with E-state index < -0.39 is 21.9 Å². The number of aliphatic hydroxyl groups excluding tert-OH is 1. The molecule has 1 aromatic rings. The molecule has 2 fully saturated rings. The summed E-state index contributed by atoms with van der Waals surface area (Å²) in [6, 6.07) is 4.87. The van der Waals surface area contributed by atoms with E-state index in [2.05, 4.69) is 0 Å². The topological polar surface area (TPSA) is 79.3 Å². The maximum Gasteiger partial charge on any atom is 0.243 e. The molecule has 0 saturated carbocycles. The van der Waals surface area contributed by atoms with Gasteiger partial charge in [-0.2, -0.15) is 4.31 Å². The summed E-state index contributed by atoms with van der Waals surface area (Å²) in [5, 5.41) is 10.1. The third-order valence-corrected chi connectivity index (χ3v) is 6.80. The molecule has 0 bridgehead atoms. The van der Waals surface area contributed by atoms with E-state index in [4.69, 9.17) is 9.47 Å². The van der Waals surface area contributed by atoms with Crippen molar-refractivity contribution < 1.29 is 27.4 Å². The second-order valence-corrected chi connectivity index (χ2v) is 8.92. The molecule has 1 aromatic carbocycles. The first-order valence-corrected chi connectivity index (χ1v) is 10.7. The van der Waals surface area contributed by atoms with E-state index in [0.29, 0.717) is 39.3 Å². The van der Waals surface area contributed by atoms with Crippen molar-refractivity contribution in [2.24, 2.45) is 0 Å². The second kappa shape index (κ2) is 9.40. The number of sulfonamides is 1. The summed E-state index contributed by atoms with van der Waals surface area (Å²) < 4.78 is 50.6. The molecule has 27 heavy (non-hydrogen) atoms. The monoisotopic (exact) mass is 402 g/mol. The summed E-state index contributed by atoms with van der Waals surface area (Å²) in [4.78, 5) is 2.12. The van der Waals surface area contributed by atoms with Crippen molar-refractivity contribution in [3.8, 4) is 0 Å². The number of halogens is 1. The number of aliphatic hydroxyl groups is 1.